The summed E-state index contributed by atoms with van der Waals surface area (Å²) in [7, 11) is 0. The number of rotatable bonds is 4. The fraction of sp³-hybridized carbons (Fsp3) is 0.238. The highest BCUT2D eigenvalue weighted by atomic mass is 16.5. The lowest BCUT2D eigenvalue weighted by Crippen LogP contribution is -2.24. The van der Waals surface area contributed by atoms with Gasteiger partial charge in [0.1, 0.15) is 11.6 Å². The van der Waals surface area contributed by atoms with Gasteiger partial charge >= 0.3 is 0 Å². The predicted octanol–water partition coefficient (Wildman–Crippen LogP) is 4.05. The molecule has 0 spiro atoms. The van der Waals surface area contributed by atoms with E-state index in [2.05, 4.69) is 10.4 Å². The van der Waals surface area contributed by atoms with Gasteiger partial charge in [-0.2, -0.15) is 5.10 Å². The van der Waals surface area contributed by atoms with E-state index in [1.54, 1.807) is 4.68 Å². The molecule has 2 heterocycles. The fourth-order valence-electron chi connectivity index (χ4n) is 3.43. The van der Waals surface area contributed by atoms with Crippen LogP contribution in [-0.2, 0) is 4.79 Å². The number of aryl methyl sites for hydroxylation is 1. The molecule has 1 unspecified atom stereocenters. The molecule has 0 saturated heterocycles. The van der Waals surface area contributed by atoms with Crippen molar-refractivity contribution in [2.45, 2.75) is 26.2 Å². The number of hydrogen-bond donors (Lipinski definition) is 1. The monoisotopic (exact) mass is 347 g/mol. The van der Waals surface area contributed by atoms with Gasteiger partial charge in [0.25, 0.3) is 0 Å². The number of hydrogen-bond acceptors (Lipinski definition) is 3. The highest BCUT2D eigenvalue weighted by Gasteiger charge is 2.31. The van der Waals surface area contributed by atoms with Crippen LogP contribution in [0.2, 0.25) is 0 Å². The van der Waals surface area contributed by atoms with Crippen molar-refractivity contribution in [1.82, 2.24) is 9.78 Å². The van der Waals surface area contributed by atoms with Crippen LogP contribution in [0.4, 0.5) is 5.82 Å². The Balaban J connectivity index is 1.80. The van der Waals surface area contributed by atoms with E-state index in [0.717, 1.165) is 28.4 Å². The van der Waals surface area contributed by atoms with Gasteiger partial charge in [-0.1, -0.05) is 35.9 Å². The van der Waals surface area contributed by atoms with E-state index in [9.17, 15) is 4.79 Å². The third-order valence-corrected chi connectivity index (χ3v) is 4.69. The lowest BCUT2D eigenvalue weighted by atomic mass is 9.87. The molecule has 2 aromatic carbocycles. The summed E-state index contributed by atoms with van der Waals surface area (Å²) in [5.41, 5.74) is 4.14. The molecular weight excluding hydrogens is 326 g/mol. The SMILES string of the molecule is CCOc1ccccc1C1CC(=O)Nc2c1cnn2-c1ccc(C)cc1. The lowest BCUT2D eigenvalue weighted by Gasteiger charge is -2.25. The van der Waals surface area contributed by atoms with Crippen LogP contribution in [-0.4, -0.2) is 22.3 Å². The number of fused-ring (bicyclic) bond motifs is 1. The average Bonchev–Trinajstić information content (AvgIpc) is 3.06. The molecule has 3 aromatic rings. The third kappa shape index (κ3) is 2.86. The molecule has 1 aliphatic rings. The van der Waals surface area contributed by atoms with Crippen LogP contribution in [0.3, 0.4) is 0 Å². The van der Waals surface area contributed by atoms with Gasteiger partial charge in [0.05, 0.1) is 18.5 Å². The zero-order valence-corrected chi connectivity index (χ0v) is 14.9. The fourth-order valence-corrected chi connectivity index (χ4v) is 3.43. The van der Waals surface area contributed by atoms with Gasteiger partial charge in [0.15, 0.2) is 0 Å². The van der Waals surface area contributed by atoms with Crippen LogP contribution in [0, 0.1) is 6.92 Å². The van der Waals surface area contributed by atoms with Crippen LogP contribution in [0.25, 0.3) is 5.69 Å². The smallest absolute Gasteiger partial charge is 0.226 e. The van der Waals surface area contributed by atoms with E-state index in [1.165, 1.54) is 5.56 Å². The molecule has 132 valence electrons. The van der Waals surface area contributed by atoms with Gasteiger partial charge in [-0.05, 0) is 32.0 Å². The van der Waals surface area contributed by atoms with Crippen molar-refractivity contribution in [3.05, 3.63) is 71.4 Å². The first-order valence-corrected chi connectivity index (χ1v) is 8.84. The van der Waals surface area contributed by atoms with Crippen molar-refractivity contribution in [2.75, 3.05) is 11.9 Å². The number of anilines is 1. The van der Waals surface area contributed by atoms with Gasteiger partial charge in [-0.3, -0.25) is 4.79 Å². The maximum Gasteiger partial charge on any atom is 0.226 e. The van der Waals surface area contributed by atoms with Gasteiger partial charge in [-0.25, -0.2) is 4.68 Å². The number of carbonyl (C=O) groups is 1. The van der Waals surface area contributed by atoms with Gasteiger partial charge < -0.3 is 10.1 Å². The van der Waals surface area contributed by atoms with Crippen LogP contribution >= 0.6 is 0 Å². The summed E-state index contributed by atoms with van der Waals surface area (Å²) in [5, 5.41) is 7.54. The van der Waals surface area contributed by atoms with Gasteiger partial charge in [0.2, 0.25) is 5.91 Å². The molecule has 1 aliphatic heterocycles. The summed E-state index contributed by atoms with van der Waals surface area (Å²) in [5.74, 6) is 1.48. The van der Waals surface area contributed by atoms with Crippen molar-refractivity contribution in [1.29, 1.82) is 0 Å². The Morgan fingerprint density at radius 2 is 1.92 bits per heavy atom. The Morgan fingerprint density at radius 3 is 2.69 bits per heavy atom. The number of nitrogens with one attached hydrogen (secondary N) is 1. The summed E-state index contributed by atoms with van der Waals surface area (Å²) >= 11 is 0. The van der Waals surface area contributed by atoms with E-state index in [1.807, 2.05) is 68.6 Å². The maximum absolute atomic E-state index is 12.4. The third-order valence-electron chi connectivity index (χ3n) is 4.69. The lowest BCUT2D eigenvalue weighted by molar-refractivity contribution is -0.116. The van der Waals surface area contributed by atoms with Crippen LogP contribution in [0.1, 0.15) is 36.0 Å². The quantitative estimate of drug-likeness (QED) is 0.774. The Labute approximate surface area is 152 Å². The van der Waals surface area contributed by atoms with E-state index in [0.29, 0.717) is 13.0 Å². The minimum atomic E-state index is -0.0688. The summed E-state index contributed by atoms with van der Waals surface area (Å²) in [6.45, 7) is 4.60. The molecule has 0 aliphatic carbocycles. The van der Waals surface area contributed by atoms with Crippen molar-refractivity contribution >= 4 is 11.7 Å². The number of carbonyl (C=O) groups excluding carboxylic acids is 1. The van der Waals surface area contributed by atoms with Crippen molar-refractivity contribution in [3.63, 3.8) is 0 Å². The van der Waals surface area contributed by atoms with Crippen molar-refractivity contribution in [3.8, 4) is 11.4 Å². The summed E-state index contributed by atoms with van der Waals surface area (Å²) < 4.78 is 7.58. The second-order valence-electron chi connectivity index (χ2n) is 6.47. The summed E-state index contributed by atoms with van der Waals surface area (Å²) in [4.78, 5) is 12.4. The molecule has 5 heteroatoms. The first-order valence-electron chi connectivity index (χ1n) is 8.84. The molecule has 1 aromatic heterocycles. The molecule has 1 N–H and O–H groups in total. The number of aromatic nitrogens is 2. The molecule has 5 nitrogen and oxygen atoms in total. The van der Waals surface area contributed by atoms with Crippen LogP contribution in [0.15, 0.2) is 54.7 Å². The van der Waals surface area contributed by atoms with E-state index in [-0.39, 0.29) is 11.8 Å². The molecule has 0 fully saturated rings. The normalized spacial score (nSPS) is 16.1. The maximum atomic E-state index is 12.4. The molecular formula is C21H21N3O2. The largest absolute Gasteiger partial charge is 0.494 e. The first-order chi connectivity index (χ1) is 12.7. The summed E-state index contributed by atoms with van der Waals surface area (Å²) in [6, 6.07) is 16.0. The highest BCUT2D eigenvalue weighted by Crippen LogP contribution is 2.41. The second-order valence-corrected chi connectivity index (χ2v) is 6.47. The number of benzene rings is 2. The van der Waals surface area contributed by atoms with Crippen molar-refractivity contribution in [2.24, 2.45) is 0 Å². The minimum Gasteiger partial charge on any atom is -0.494 e. The molecule has 0 saturated carbocycles. The van der Waals surface area contributed by atoms with Gasteiger partial charge in [0, 0.05) is 23.5 Å². The molecule has 1 amide bonds. The molecule has 0 radical (unpaired) electrons. The van der Waals surface area contributed by atoms with Crippen LogP contribution in [0.5, 0.6) is 5.75 Å². The minimum absolute atomic E-state index is 0.0114. The number of nitrogens with zero attached hydrogens (tertiary/aromatic N) is 2. The first kappa shape index (κ1) is 16.4. The molecule has 26 heavy (non-hydrogen) atoms. The standard InChI is InChI=1S/C21H21N3O2/c1-3-26-19-7-5-4-6-16(19)17-12-20(25)23-21-18(17)13-22-24(21)15-10-8-14(2)9-11-15/h4-11,13,17H,3,12H2,1-2H3,(H,23,25). The molecule has 4 rings (SSSR count). The van der Waals surface area contributed by atoms with Crippen LogP contribution < -0.4 is 10.1 Å². The zero-order chi connectivity index (χ0) is 18.1. The Bertz CT molecular complexity index is 944. The van der Waals surface area contributed by atoms with Gasteiger partial charge in [-0.15, -0.1) is 0 Å². The van der Waals surface area contributed by atoms with E-state index >= 15 is 0 Å². The topological polar surface area (TPSA) is 56.1 Å². The highest BCUT2D eigenvalue weighted by molar-refractivity contribution is 5.94. The second kappa shape index (κ2) is 6.67. The Hall–Kier alpha value is -3.08. The average molecular weight is 347 g/mol. The number of amides is 1. The predicted molar refractivity (Wildman–Crippen MR) is 101 cm³/mol. The summed E-state index contributed by atoms with van der Waals surface area (Å²) in [6.07, 6.45) is 2.23. The Kier molecular flexibility index (Phi) is 4.21. The molecule has 1 atom stereocenters. The zero-order valence-electron chi connectivity index (χ0n) is 14.9. The van der Waals surface area contributed by atoms with E-state index in [4.69, 9.17) is 4.74 Å². The van der Waals surface area contributed by atoms with E-state index < -0.39 is 0 Å². The number of para-hydroxylation sites is 1. The van der Waals surface area contributed by atoms with Crippen molar-refractivity contribution < 1.29 is 9.53 Å². The molecule has 0 bridgehead atoms. The number of ether oxygens (including phenoxy) is 1. The Morgan fingerprint density at radius 1 is 1.15 bits per heavy atom.